The number of benzene rings is 2. The second-order valence-corrected chi connectivity index (χ2v) is 6.83. The second-order valence-electron chi connectivity index (χ2n) is 6.83. The van der Waals surface area contributed by atoms with E-state index in [-0.39, 0.29) is 28.2 Å². The first-order valence-corrected chi connectivity index (χ1v) is 9.13. The highest BCUT2D eigenvalue weighted by Crippen LogP contribution is 2.34. The van der Waals surface area contributed by atoms with Crippen molar-refractivity contribution in [1.29, 1.82) is 0 Å². The molecule has 1 aliphatic rings. The molecular weight excluding hydrogens is 423 g/mol. The average molecular weight is 438 g/mol. The van der Waals surface area contributed by atoms with Crippen molar-refractivity contribution in [2.75, 3.05) is 7.11 Å². The highest BCUT2D eigenvalue weighted by atomic mass is 19.4. The van der Waals surface area contributed by atoms with Crippen LogP contribution in [0.3, 0.4) is 0 Å². The highest BCUT2D eigenvalue weighted by Gasteiger charge is 2.31. The van der Waals surface area contributed by atoms with Crippen molar-refractivity contribution in [3.63, 3.8) is 0 Å². The van der Waals surface area contributed by atoms with E-state index in [1.165, 1.54) is 23.8 Å². The molecule has 2 aromatic carbocycles. The van der Waals surface area contributed by atoms with E-state index in [0.717, 1.165) is 18.2 Å². The van der Waals surface area contributed by atoms with Gasteiger partial charge in [-0.15, -0.1) is 0 Å². The van der Waals surface area contributed by atoms with Crippen molar-refractivity contribution in [3.05, 3.63) is 63.7 Å². The number of halogens is 5. The molecule has 0 saturated carbocycles. The summed E-state index contributed by atoms with van der Waals surface area (Å²) in [4.78, 5) is 17.0. The molecular formula is C21H15F5N2O3. The van der Waals surface area contributed by atoms with Gasteiger partial charge in [-0.2, -0.15) is 22.0 Å². The smallest absolute Gasteiger partial charge is 0.416 e. The molecule has 0 spiro atoms. The van der Waals surface area contributed by atoms with Gasteiger partial charge >= 0.3 is 12.8 Å². The van der Waals surface area contributed by atoms with Crippen LogP contribution in [0, 0.1) is 0 Å². The molecule has 0 aliphatic carbocycles. The fourth-order valence-corrected chi connectivity index (χ4v) is 3.50. The summed E-state index contributed by atoms with van der Waals surface area (Å²) >= 11 is 0. The predicted octanol–water partition coefficient (Wildman–Crippen LogP) is 4.97. The van der Waals surface area contributed by atoms with Crippen molar-refractivity contribution in [1.82, 2.24) is 9.55 Å². The van der Waals surface area contributed by atoms with Crippen LogP contribution in [0.2, 0.25) is 0 Å². The maximum Gasteiger partial charge on any atom is 0.416 e. The minimum absolute atomic E-state index is 0.0599. The number of fused-ring (bicyclic) bond motifs is 2. The summed E-state index contributed by atoms with van der Waals surface area (Å²) in [6, 6.07) is 7.23. The molecule has 1 aromatic heterocycles. The number of nitrogens with zero attached hydrogens (tertiary/aromatic N) is 2. The second kappa shape index (κ2) is 7.68. The van der Waals surface area contributed by atoms with Crippen LogP contribution in [0.1, 0.15) is 23.4 Å². The van der Waals surface area contributed by atoms with E-state index in [1.54, 1.807) is 12.1 Å². The van der Waals surface area contributed by atoms with Crippen LogP contribution < -0.4 is 15.0 Å². The largest absolute Gasteiger partial charge is 0.493 e. The summed E-state index contributed by atoms with van der Waals surface area (Å²) in [5.74, 6) is 0.196. The number of allylic oxidation sites excluding steroid dienone is 1. The molecule has 0 fully saturated rings. The van der Waals surface area contributed by atoms with E-state index in [4.69, 9.17) is 4.74 Å². The number of ether oxygens (including phenoxy) is 2. The zero-order valence-electron chi connectivity index (χ0n) is 16.0. The molecule has 0 amide bonds. The van der Waals surface area contributed by atoms with Crippen molar-refractivity contribution in [2.45, 2.75) is 25.8 Å². The van der Waals surface area contributed by atoms with E-state index in [1.807, 2.05) is 0 Å². The minimum atomic E-state index is -4.56. The maximum absolute atomic E-state index is 13.0. The third-order valence-electron chi connectivity index (χ3n) is 4.92. The van der Waals surface area contributed by atoms with E-state index >= 15 is 0 Å². The van der Waals surface area contributed by atoms with Crippen LogP contribution in [0.25, 0.3) is 22.6 Å². The number of hydrogen-bond acceptors (Lipinski definition) is 4. The summed E-state index contributed by atoms with van der Waals surface area (Å²) < 4.78 is 75.3. The van der Waals surface area contributed by atoms with Crippen LogP contribution in [0.5, 0.6) is 11.5 Å². The number of alkyl halides is 5. The van der Waals surface area contributed by atoms with Gasteiger partial charge in [-0.1, -0.05) is 6.07 Å². The van der Waals surface area contributed by atoms with Crippen LogP contribution >= 0.6 is 0 Å². The monoisotopic (exact) mass is 438 g/mol. The lowest BCUT2D eigenvalue weighted by molar-refractivity contribution is -0.137. The first kappa shape index (κ1) is 20.8. The number of aromatic nitrogens is 2. The van der Waals surface area contributed by atoms with Gasteiger partial charge in [0, 0.05) is 6.54 Å². The van der Waals surface area contributed by atoms with E-state index in [9.17, 15) is 26.7 Å². The normalized spacial score (nSPS) is 15.0. The van der Waals surface area contributed by atoms with Gasteiger partial charge in [-0.25, -0.2) is 4.98 Å². The van der Waals surface area contributed by atoms with Crippen LogP contribution in [-0.2, 0) is 12.7 Å². The first-order valence-electron chi connectivity index (χ1n) is 9.13. The molecule has 0 N–H and O–H groups in total. The molecule has 0 atom stereocenters. The Morgan fingerprint density at radius 1 is 1.13 bits per heavy atom. The summed E-state index contributed by atoms with van der Waals surface area (Å²) in [7, 11) is 1.32. The molecule has 1 aliphatic heterocycles. The molecule has 0 radical (unpaired) electrons. The lowest BCUT2D eigenvalue weighted by Gasteiger charge is -2.11. The Labute approximate surface area is 172 Å². The number of rotatable bonds is 4. The quantitative estimate of drug-likeness (QED) is 0.540. The average Bonchev–Trinajstić information content (AvgIpc) is 3.10. The minimum Gasteiger partial charge on any atom is -0.493 e. The molecule has 10 heteroatoms. The molecule has 2 heterocycles. The Kier molecular flexibility index (Phi) is 5.16. The fraction of sp³-hybridized carbons (Fsp3) is 0.238. The third kappa shape index (κ3) is 3.97. The van der Waals surface area contributed by atoms with Gasteiger partial charge in [0.2, 0.25) is 0 Å². The molecule has 162 valence electrons. The fourth-order valence-electron chi connectivity index (χ4n) is 3.50. The molecule has 4 rings (SSSR count). The lowest BCUT2D eigenvalue weighted by atomic mass is 10.1. The Hall–Kier alpha value is -3.43. The van der Waals surface area contributed by atoms with Crippen LogP contribution in [0.4, 0.5) is 22.0 Å². The van der Waals surface area contributed by atoms with Gasteiger partial charge in [0.15, 0.2) is 11.5 Å². The molecule has 31 heavy (non-hydrogen) atoms. The lowest BCUT2D eigenvalue weighted by Crippen LogP contribution is -2.21. The van der Waals surface area contributed by atoms with Gasteiger partial charge in [-0.05, 0) is 54.0 Å². The van der Waals surface area contributed by atoms with Crippen molar-refractivity contribution in [2.24, 2.45) is 0 Å². The zero-order chi connectivity index (χ0) is 22.3. The summed E-state index contributed by atoms with van der Waals surface area (Å²) in [6.45, 7) is -2.74. The number of methoxy groups -OCH3 is 1. The maximum atomic E-state index is 13.0. The topological polar surface area (TPSA) is 53.4 Å². The Balaban J connectivity index is 1.80. The van der Waals surface area contributed by atoms with Crippen molar-refractivity contribution < 1.29 is 31.4 Å². The van der Waals surface area contributed by atoms with Crippen LogP contribution in [-0.4, -0.2) is 23.3 Å². The molecule has 3 aromatic rings. The zero-order valence-corrected chi connectivity index (χ0v) is 16.0. The van der Waals surface area contributed by atoms with E-state index < -0.39 is 23.9 Å². The predicted molar refractivity (Wildman–Crippen MR) is 103 cm³/mol. The summed E-state index contributed by atoms with van der Waals surface area (Å²) in [5.41, 5.74) is -0.323. The number of hydrogen-bond donors (Lipinski definition) is 0. The van der Waals surface area contributed by atoms with Crippen molar-refractivity contribution >= 4 is 22.6 Å². The highest BCUT2D eigenvalue weighted by molar-refractivity contribution is 5.85. The molecule has 5 nitrogen and oxygen atoms in total. The standard InChI is InChI=1S/C21H15F5N2O3/c1-30-16-5-2-11(9-17(16)31-20(22)23)8-12-6-7-28-18(12)27-15-10-13(21(24,25)26)3-4-14(15)19(28)29/h2-5,8-10,20H,6-7H2,1H3. The Morgan fingerprint density at radius 2 is 1.90 bits per heavy atom. The van der Waals surface area contributed by atoms with Gasteiger partial charge in [0.25, 0.3) is 5.56 Å². The van der Waals surface area contributed by atoms with Gasteiger partial charge in [-0.3, -0.25) is 9.36 Å². The van der Waals surface area contributed by atoms with E-state index in [2.05, 4.69) is 9.72 Å². The van der Waals surface area contributed by atoms with E-state index in [0.29, 0.717) is 24.1 Å². The summed E-state index contributed by atoms with van der Waals surface area (Å²) in [5, 5.41) is 0.0927. The van der Waals surface area contributed by atoms with Gasteiger partial charge in [0.1, 0.15) is 5.82 Å². The Morgan fingerprint density at radius 3 is 2.58 bits per heavy atom. The molecule has 0 bridgehead atoms. The van der Waals surface area contributed by atoms with Gasteiger partial charge in [0.05, 0.1) is 23.6 Å². The van der Waals surface area contributed by atoms with Gasteiger partial charge < -0.3 is 9.47 Å². The summed E-state index contributed by atoms with van der Waals surface area (Å²) in [6.07, 6.45) is -2.53. The van der Waals surface area contributed by atoms with Crippen LogP contribution in [0.15, 0.2) is 41.2 Å². The SMILES string of the molecule is COc1ccc(C=C2CCn3c2nc2cc(C(F)(F)F)ccc2c3=O)cc1OC(F)F. The van der Waals surface area contributed by atoms with Crippen molar-refractivity contribution in [3.8, 4) is 11.5 Å². The third-order valence-corrected chi connectivity index (χ3v) is 4.92. The molecule has 0 saturated heterocycles. The Bertz CT molecular complexity index is 1250. The molecule has 0 unspecified atom stereocenters. The first-order chi connectivity index (χ1) is 14.7.